The number of hydrogen-bond donors (Lipinski definition) is 2. The number of aliphatic carboxylic acids is 1. The molecule has 2 fully saturated rings. The quantitative estimate of drug-likeness (QED) is 0.813. The Morgan fingerprint density at radius 2 is 2.00 bits per heavy atom. The van der Waals surface area contributed by atoms with Crippen molar-refractivity contribution in [2.75, 3.05) is 13.7 Å². The van der Waals surface area contributed by atoms with E-state index < -0.39 is 11.4 Å². The molecular weight excluding hydrogens is 344 g/mol. The number of ether oxygens (including phenoxy) is 1. The van der Waals surface area contributed by atoms with E-state index in [1.54, 1.807) is 7.11 Å². The molecule has 2 aliphatic rings. The number of fused-ring (bicyclic) bond motifs is 1. The van der Waals surface area contributed by atoms with E-state index in [0.29, 0.717) is 30.2 Å². The molecule has 1 heterocycles. The molecule has 6 heteroatoms. The normalized spacial score (nSPS) is 18.6. The zero-order valence-electron chi connectivity index (χ0n) is 15.9. The molecule has 0 aliphatic heterocycles. The molecule has 1 aromatic heterocycles. The van der Waals surface area contributed by atoms with Gasteiger partial charge in [-0.2, -0.15) is 0 Å². The number of rotatable bonds is 6. The summed E-state index contributed by atoms with van der Waals surface area (Å²) in [5, 5.41) is 13.1. The minimum atomic E-state index is -0.824. The highest BCUT2D eigenvalue weighted by Gasteiger charge is 2.50. The van der Waals surface area contributed by atoms with Gasteiger partial charge in [0.25, 0.3) is 5.91 Å². The third kappa shape index (κ3) is 2.97. The lowest BCUT2D eigenvalue weighted by molar-refractivity contribution is -0.143. The van der Waals surface area contributed by atoms with E-state index >= 15 is 0 Å². The number of carbonyl (C=O) groups excluding carboxylic acids is 1. The summed E-state index contributed by atoms with van der Waals surface area (Å²) >= 11 is 0. The lowest BCUT2D eigenvalue weighted by Gasteiger charge is -2.16. The van der Waals surface area contributed by atoms with Crippen LogP contribution in [0.15, 0.2) is 18.2 Å². The van der Waals surface area contributed by atoms with Gasteiger partial charge in [0.2, 0.25) is 0 Å². The number of aromatic nitrogens is 1. The Balaban J connectivity index is 1.73. The predicted molar refractivity (Wildman–Crippen MR) is 102 cm³/mol. The van der Waals surface area contributed by atoms with Crippen molar-refractivity contribution in [2.45, 2.75) is 51.5 Å². The maximum absolute atomic E-state index is 13.0. The van der Waals surface area contributed by atoms with Crippen molar-refractivity contribution in [2.24, 2.45) is 5.41 Å². The van der Waals surface area contributed by atoms with E-state index in [4.69, 9.17) is 4.74 Å². The van der Waals surface area contributed by atoms with Gasteiger partial charge in [0.1, 0.15) is 5.75 Å². The van der Waals surface area contributed by atoms with Gasteiger partial charge in [0, 0.05) is 29.2 Å². The van der Waals surface area contributed by atoms with E-state index in [1.165, 1.54) is 12.8 Å². The molecule has 0 saturated heterocycles. The Morgan fingerprint density at radius 1 is 1.30 bits per heavy atom. The highest BCUT2D eigenvalue weighted by molar-refractivity contribution is 6.09. The molecule has 1 amide bonds. The van der Waals surface area contributed by atoms with Crippen molar-refractivity contribution in [3.63, 3.8) is 0 Å². The third-order valence-electron chi connectivity index (χ3n) is 6.27. The molecule has 6 nitrogen and oxygen atoms in total. The SMILES string of the molecule is COc1ccc2c(c1)c(C(=O)NCC1(C(=O)O)CC1)c(C)n2C1CCCC1. The summed E-state index contributed by atoms with van der Waals surface area (Å²) in [6, 6.07) is 6.28. The summed E-state index contributed by atoms with van der Waals surface area (Å²) in [4.78, 5) is 24.4. The molecule has 0 spiro atoms. The first-order chi connectivity index (χ1) is 13.0. The van der Waals surface area contributed by atoms with Crippen molar-refractivity contribution in [3.05, 3.63) is 29.5 Å². The Hall–Kier alpha value is -2.50. The highest BCUT2D eigenvalue weighted by atomic mass is 16.5. The molecule has 4 rings (SSSR count). The summed E-state index contributed by atoms with van der Waals surface area (Å²) in [7, 11) is 1.62. The second-order valence-corrected chi connectivity index (χ2v) is 7.92. The van der Waals surface area contributed by atoms with Crippen LogP contribution in [-0.2, 0) is 4.79 Å². The fourth-order valence-corrected chi connectivity index (χ4v) is 4.42. The molecule has 0 radical (unpaired) electrons. The van der Waals surface area contributed by atoms with Crippen molar-refractivity contribution in [3.8, 4) is 5.75 Å². The predicted octanol–water partition coefficient (Wildman–Crippen LogP) is 3.67. The summed E-state index contributed by atoms with van der Waals surface area (Å²) in [6.45, 7) is 2.17. The van der Waals surface area contributed by atoms with Crippen LogP contribution in [0.4, 0.5) is 0 Å². The van der Waals surface area contributed by atoms with Crippen LogP contribution in [0.5, 0.6) is 5.75 Å². The lowest BCUT2D eigenvalue weighted by atomic mass is 10.1. The number of nitrogens with one attached hydrogen (secondary N) is 1. The minimum absolute atomic E-state index is 0.181. The van der Waals surface area contributed by atoms with E-state index in [0.717, 1.165) is 29.4 Å². The number of methoxy groups -OCH3 is 1. The third-order valence-corrected chi connectivity index (χ3v) is 6.27. The van der Waals surface area contributed by atoms with Gasteiger partial charge in [-0.25, -0.2) is 0 Å². The van der Waals surface area contributed by atoms with Crippen LogP contribution in [0.2, 0.25) is 0 Å². The van der Waals surface area contributed by atoms with Gasteiger partial charge in [-0.3, -0.25) is 9.59 Å². The van der Waals surface area contributed by atoms with E-state index in [1.807, 2.05) is 25.1 Å². The fraction of sp³-hybridized carbons (Fsp3) is 0.524. The summed E-state index contributed by atoms with van der Waals surface area (Å²) < 4.78 is 7.66. The Bertz CT molecular complexity index is 905. The molecule has 27 heavy (non-hydrogen) atoms. The standard InChI is InChI=1S/C21H26N2O4/c1-13-18(19(24)22-12-21(9-10-21)20(25)26)16-11-15(27-2)7-8-17(16)23(13)14-5-3-4-6-14/h7-8,11,14H,3-6,9-10,12H2,1-2H3,(H,22,24)(H,25,26). The van der Waals surface area contributed by atoms with Crippen LogP contribution in [0, 0.1) is 12.3 Å². The fourth-order valence-electron chi connectivity index (χ4n) is 4.42. The van der Waals surface area contributed by atoms with Crippen molar-refractivity contribution < 1.29 is 19.4 Å². The molecule has 144 valence electrons. The van der Waals surface area contributed by atoms with Gasteiger partial charge >= 0.3 is 5.97 Å². The second-order valence-electron chi connectivity index (χ2n) is 7.92. The van der Waals surface area contributed by atoms with Crippen molar-refractivity contribution in [1.82, 2.24) is 9.88 Å². The molecule has 0 bridgehead atoms. The largest absolute Gasteiger partial charge is 0.497 e. The van der Waals surface area contributed by atoms with E-state index in [9.17, 15) is 14.7 Å². The van der Waals surface area contributed by atoms with Crippen molar-refractivity contribution in [1.29, 1.82) is 0 Å². The van der Waals surface area contributed by atoms with Crippen LogP contribution in [0.1, 0.15) is 60.6 Å². The van der Waals surface area contributed by atoms with Gasteiger partial charge in [0.15, 0.2) is 0 Å². The molecule has 1 aromatic carbocycles. The summed E-state index contributed by atoms with van der Waals surface area (Å²) in [6.07, 6.45) is 5.92. The van der Waals surface area contributed by atoms with Crippen LogP contribution in [0.3, 0.4) is 0 Å². The Labute approximate surface area is 158 Å². The maximum Gasteiger partial charge on any atom is 0.311 e. The molecule has 2 aliphatic carbocycles. The smallest absolute Gasteiger partial charge is 0.311 e. The number of nitrogens with zero attached hydrogens (tertiary/aromatic N) is 1. The van der Waals surface area contributed by atoms with Crippen LogP contribution < -0.4 is 10.1 Å². The van der Waals surface area contributed by atoms with Gasteiger partial charge in [-0.1, -0.05) is 12.8 Å². The van der Waals surface area contributed by atoms with Gasteiger partial charge in [-0.15, -0.1) is 0 Å². The summed E-state index contributed by atoms with van der Waals surface area (Å²) in [5.41, 5.74) is 1.86. The first-order valence-corrected chi connectivity index (χ1v) is 9.67. The van der Waals surface area contributed by atoms with Gasteiger partial charge < -0.3 is 19.7 Å². The number of amides is 1. The average molecular weight is 370 g/mol. The number of hydrogen-bond acceptors (Lipinski definition) is 3. The summed E-state index contributed by atoms with van der Waals surface area (Å²) in [5.74, 6) is -0.311. The number of carboxylic acid groups (broad SMARTS) is 1. The number of benzene rings is 1. The average Bonchev–Trinajstić information content (AvgIpc) is 3.16. The second kappa shape index (κ2) is 6.59. The van der Waals surface area contributed by atoms with Crippen molar-refractivity contribution >= 4 is 22.8 Å². The van der Waals surface area contributed by atoms with Crippen LogP contribution in [-0.4, -0.2) is 35.2 Å². The molecule has 2 aromatic rings. The van der Waals surface area contributed by atoms with E-state index in [2.05, 4.69) is 9.88 Å². The Morgan fingerprint density at radius 3 is 2.59 bits per heavy atom. The molecule has 0 unspecified atom stereocenters. The monoisotopic (exact) mass is 370 g/mol. The molecular formula is C21H26N2O4. The van der Waals surface area contributed by atoms with Crippen LogP contribution >= 0.6 is 0 Å². The van der Waals surface area contributed by atoms with Gasteiger partial charge in [0.05, 0.1) is 18.1 Å². The maximum atomic E-state index is 13.0. The van der Waals surface area contributed by atoms with E-state index in [-0.39, 0.29) is 12.5 Å². The number of carbonyl (C=O) groups is 2. The minimum Gasteiger partial charge on any atom is -0.497 e. The first-order valence-electron chi connectivity index (χ1n) is 9.67. The first kappa shape index (κ1) is 17.9. The zero-order chi connectivity index (χ0) is 19.2. The highest BCUT2D eigenvalue weighted by Crippen LogP contribution is 2.45. The molecule has 2 N–H and O–H groups in total. The number of carboxylic acids is 1. The topological polar surface area (TPSA) is 80.6 Å². The van der Waals surface area contributed by atoms with Gasteiger partial charge in [-0.05, 0) is 50.8 Å². The van der Waals surface area contributed by atoms with Crippen LogP contribution in [0.25, 0.3) is 10.9 Å². The lowest BCUT2D eigenvalue weighted by Crippen LogP contribution is -2.34. The Kier molecular flexibility index (Phi) is 4.36. The molecule has 0 atom stereocenters. The molecule has 2 saturated carbocycles. The zero-order valence-corrected chi connectivity index (χ0v) is 15.9.